The lowest BCUT2D eigenvalue weighted by atomic mass is 10.1. The third-order valence-corrected chi connectivity index (χ3v) is 2.92. The van der Waals surface area contributed by atoms with Crippen molar-refractivity contribution in [3.05, 3.63) is 0 Å². The maximum absolute atomic E-state index is 8.80. The highest BCUT2D eigenvalue weighted by Gasteiger charge is 2.20. The van der Waals surface area contributed by atoms with Crippen LogP contribution in [0.1, 0.15) is 26.2 Å². The van der Waals surface area contributed by atoms with Gasteiger partial charge in [0.1, 0.15) is 0 Å². The Kier molecular flexibility index (Phi) is 4.20. The van der Waals surface area contributed by atoms with E-state index in [9.17, 15) is 0 Å². The van der Waals surface area contributed by atoms with Crippen LogP contribution in [0.4, 0.5) is 0 Å². The van der Waals surface area contributed by atoms with Gasteiger partial charge in [-0.05, 0) is 46.3 Å². The first kappa shape index (κ1) is 10.5. The maximum Gasteiger partial charge on any atom is 0.0949 e. The quantitative estimate of drug-likeness (QED) is 0.690. The number of nitrogens with one attached hydrogen (secondary N) is 1. The summed E-state index contributed by atoms with van der Waals surface area (Å²) < 4.78 is 0. The summed E-state index contributed by atoms with van der Waals surface area (Å²) in [5.41, 5.74) is 0. The zero-order valence-electron chi connectivity index (χ0n) is 8.58. The molecule has 0 aromatic rings. The number of nitrogens with zero attached hydrogens (tertiary/aromatic N) is 2. The largest absolute Gasteiger partial charge is 0.317 e. The van der Waals surface area contributed by atoms with Crippen LogP contribution in [0, 0.1) is 11.3 Å². The van der Waals surface area contributed by atoms with Crippen LogP contribution >= 0.6 is 0 Å². The highest BCUT2D eigenvalue weighted by atomic mass is 15.2. The lowest BCUT2D eigenvalue weighted by Crippen LogP contribution is -2.38. The summed E-state index contributed by atoms with van der Waals surface area (Å²) in [5.74, 6) is 0. The van der Waals surface area contributed by atoms with Gasteiger partial charge in [-0.15, -0.1) is 0 Å². The predicted octanol–water partition coefficient (Wildman–Crippen LogP) is 0.972. The van der Waals surface area contributed by atoms with E-state index in [1.807, 2.05) is 6.92 Å². The van der Waals surface area contributed by atoms with Crippen LogP contribution in [0.15, 0.2) is 0 Å². The molecule has 0 aromatic heterocycles. The van der Waals surface area contributed by atoms with Gasteiger partial charge in [-0.25, -0.2) is 0 Å². The van der Waals surface area contributed by atoms with Crippen LogP contribution in [0.5, 0.6) is 0 Å². The predicted molar refractivity (Wildman–Crippen MR) is 53.3 cm³/mol. The highest BCUT2D eigenvalue weighted by Crippen LogP contribution is 2.13. The van der Waals surface area contributed by atoms with E-state index in [1.54, 1.807) is 0 Å². The third kappa shape index (κ3) is 2.98. The summed E-state index contributed by atoms with van der Waals surface area (Å²) in [6.07, 6.45) is 3.62. The Labute approximate surface area is 80.7 Å². The van der Waals surface area contributed by atoms with Gasteiger partial charge in [0.15, 0.2) is 0 Å². The van der Waals surface area contributed by atoms with Gasteiger partial charge in [0, 0.05) is 6.04 Å². The Bertz CT molecular complexity index is 177. The van der Waals surface area contributed by atoms with E-state index < -0.39 is 0 Å². The molecule has 0 radical (unpaired) electrons. The molecular formula is C10H19N3. The molecule has 1 N–H and O–H groups in total. The van der Waals surface area contributed by atoms with Crippen molar-refractivity contribution in [3.63, 3.8) is 0 Å². The maximum atomic E-state index is 8.80. The van der Waals surface area contributed by atoms with Crippen LogP contribution in [0.2, 0.25) is 0 Å². The molecule has 0 aliphatic carbocycles. The van der Waals surface area contributed by atoms with Crippen molar-refractivity contribution in [3.8, 4) is 6.07 Å². The molecule has 3 heteroatoms. The van der Waals surface area contributed by atoms with Crippen molar-refractivity contribution in [1.82, 2.24) is 10.2 Å². The van der Waals surface area contributed by atoms with Gasteiger partial charge >= 0.3 is 0 Å². The van der Waals surface area contributed by atoms with E-state index >= 15 is 0 Å². The molecule has 1 rings (SSSR count). The summed E-state index contributed by atoms with van der Waals surface area (Å²) in [6, 6.07) is 2.92. The minimum Gasteiger partial charge on any atom is -0.317 e. The molecule has 1 aliphatic heterocycles. The molecule has 0 bridgehead atoms. The third-order valence-electron chi connectivity index (χ3n) is 2.92. The van der Waals surface area contributed by atoms with Crippen LogP contribution < -0.4 is 5.32 Å². The number of nitriles is 1. The zero-order chi connectivity index (χ0) is 9.68. The molecule has 0 spiro atoms. The first-order chi connectivity index (χ1) is 6.25. The van der Waals surface area contributed by atoms with Gasteiger partial charge in [0.05, 0.1) is 12.1 Å². The van der Waals surface area contributed by atoms with E-state index in [-0.39, 0.29) is 6.04 Å². The Morgan fingerprint density at radius 2 is 2.23 bits per heavy atom. The molecule has 0 saturated carbocycles. The first-order valence-corrected chi connectivity index (χ1v) is 5.08. The fraction of sp³-hybridized carbons (Fsp3) is 0.900. The number of hydrogen-bond acceptors (Lipinski definition) is 3. The van der Waals surface area contributed by atoms with Gasteiger partial charge in [-0.3, -0.25) is 4.90 Å². The second kappa shape index (κ2) is 5.21. The average molecular weight is 181 g/mol. The number of hydrogen-bond donors (Lipinski definition) is 1. The van der Waals surface area contributed by atoms with Crippen molar-refractivity contribution < 1.29 is 0 Å². The van der Waals surface area contributed by atoms with E-state index in [0.29, 0.717) is 6.04 Å². The molecule has 2 atom stereocenters. The van der Waals surface area contributed by atoms with E-state index in [0.717, 1.165) is 13.1 Å². The monoisotopic (exact) mass is 181 g/mol. The van der Waals surface area contributed by atoms with E-state index in [2.05, 4.69) is 23.3 Å². The Hall–Kier alpha value is -0.590. The molecule has 1 heterocycles. The lowest BCUT2D eigenvalue weighted by molar-refractivity contribution is 0.201. The van der Waals surface area contributed by atoms with Gasteiger partial charge < -0.3 is 5.32 Å². The average Bonchev–Trinajstić information content (AvgIpc) is 2.43. The second-order valence-corrected chi connectivity index (χ2v) is 3.81. The minimum absolute atomic E-state index is 0.0445. The molecule has 0 amide bonds. The fourth-order valence-corrected chi connectivity index (χ4v) is 1.82. The topological polar surface area (TPSA) is 39.1 Å². The molecule has 1 aliphatic rings. The van der Waals surface area contributed by atoms with Crippen LogP contribution in [0.3, 0.4) is 0 Å². The Balaban J connectivity index is 2.44. The SMILES string of the molecule is CC(C#N)N(C)C1CCCNCC1. The van der Waals surface area contributed by atoms with Gasteiger partial charge in [0.25, 0.3) is 0 Å². The van der Waals surface area contributed by atoms with Gasteiger partial charge in [-0.2, -0.15) is 5.26 Å². The van der Waals surface area contributed by atoms with Crippen molar-refractivity contribution in [2.24, 2.45) is 0 Å². The molecule has 0 aromatic carbocycles. The van der Waals surface area contributed by atoms with Crippen molar-refractivity contribution in [1.29, 1.82) is 5.26 Å². The van der Waals surface area contributed by atoms with Gasteiger partial charge in [0.2, 0.25) is 0 Å². The summed E-state index contributed by atoms with van der Waals surface area (Å²) >= 11 is 0. The van der Waals surface area contributed by atoms with Crippen molar-refractivity contribution in [2.45, 2.75) is 38.3 Å². The molecule has 2 unspecified atom stereocenters. The first-order valence-electron chi connectivity index (χ1n) is 5.08. The fourth-order valence-electron chi connectivity index (χ4n) is 1.82. The Morgan fingerprint density at radius 3 is 2.92 bits per heavy atom. The van der Waals surface area contributed by atoms with Crippen LogP contribution in [-0.4, -0.2) is 37.1 Å². The summed E-state index contributed by atoms with van der Waals surface area (Å²) in [7, 11) is 2.06. The Morgan fingerprint density at radius 1 is 1.46 bits per heavy atom. The molecule has 1 saturated heterocycles. The smallest absolute Gasteiger partial charge is 0.0949 e. The second-order valence-electron chi connectivity index (χ2n) is 3.81. The highest BCUT2D eigenvalue weighted by molar-refractivity contribution is 4.90. The molecule has 3 nitrogen and oxygen atoms in total. The molecule has 1 fully saturated rings. The molecular weight excluding hydrogens is 162 g/mol. The minimum atomic E-state index is 0.0445. The lowest BCUT2D eigenvalue weighted by Gasteiger charge is -2.28. The van der Waals surface area contributed by atoms with Crippen LogP contribution in [0.25, 0.3) is 0 Å². The van der Waals surface area contributed by atoms with Gasteiger partial charge in [-0.1, -0.05) is 0 Å². The standard InChI is InChI=1S/C10H19N3/c1-9(8-11)13(2)10-4-3-6-12-7-5-10/h9-10,12H,3-7H2,1-2H3. The molecule has 13 heavy (non-hydrogen) atoms. The van der Waals surface area contributed by atoms with Crippen molar-refractivity contribution in [2.75, 3.05) is 20.1 Å². The summed E-state index contributed by atoms with van der Waals surface area (Å²) in [5, 5.41) is 12.2. The zero-order valence-corrected chi connectivity index (χ0v) is 8.58. The summed E-state index contributed by atoms with van der Waals surface area (Å²) in [4.78, 5) is 2.20. The normalized spacial score (nSPS) is 26.5. The molecule has 74 valence electrons. The van der Waals surface area contributed by atoms with E-state index in [4.69, 9.17) is 5.26 Å². The van der Waals surface area contributed by atoms with E-state index in [1.165, 1.54) is 19.3 Å². The van der Waals surface area contributed by atoms with Crippen molar-refractivity contribution >= 4 is 0 Å². The number of rotatable bonds is 2. The van der Waals surface area contributed by atoms with Crippen LogP contribution in [-0.2, 0) is 0 Å². The summed E-state index contributed by atoms with van der Waals surface area (Å²) in [6.45, 7) is 4.19.